The van der Waals surface area contributed by atoms with Gasteiger partial charge in [0.15, 0.2) is 0 Å². The van der Waals surface area contributed by atoms with Crippen molar-refractivity contribution in [2.75, 3.05) is 10.6 Å². The van der Waals surface area contributed by atoms with Crippen molar-refractivity contribution < 1.29 is 9.90 Å². The molecule has 138 valence electrons. The molecule has 7 nitrogen and oxygen atoms in total. The number of benzene rings is 1. The fraction of sp³-hybridized carbons (Fsp3) is 0.250. The van der Waals surface area contributed by atoms with Crippen LogP contribution in [-0.4, -0.2) is 25.7 Å². The number of nitrogens with one attached hydrogen (secondary N) is 2. The predicted octanol–water partition coefficient (Wildman–Crippen LogP) is 3.34. The number of aliphatic hydroxyl groups excluding tert-OH is 1. The minimum Gasteiger partial charge on any atom is -0.390 e. The van der Waals surface area contributed by atoms with Crippen molar-refractivity contribution in [2.24, 2.45) is 0 Å². The summed E-state index contributed by atoms with van der Waals surface area (Å²) in [7, 11) is 0. The molecule has 0 saturated heterocycles. The molecule has 3 N–H and O–H groups in total. The topological polar surface area (TPSA) is 92.1 Å². The molecule has 1 atom stereocenters. The van der Waals surface area contributed by atoms with Gasteiger partial charge in [0, 0.05) is 24.3 Å². The maximum absolute atomic E-state index is 12.1. The first-order chi connectivity index (χ1) is 13.2. The van der Waals surface area contributed by atoms with Crippen LogP contribution in [0.25, 0.3) is 0 Å². The normalized spacial score (nSPS) is 15.8. The highest BCUT2D eigenvalue weighted by atomic mass is 16.3. The molecule has 0 bridgehead atoms. The molecule has 1 aliphatic heterocycles. The van der Waals surface area contributed by atoms with E-state index in [0.717, 1.165) is 36.3 Å². The van der Waals surface area contributed by atoms with Gasteiger partial charge in [-0.15, -0.1) is 0 Å². The summed E-state index contributed by atoms with van der Waals surface area (Å²) in [5.74, 6) is 0.707. The van der Waals surface area contributed by atoms with Crippen LogP contribution in [0.15, 0.2) is 55.0 Å². The molecule has 3 heterocycles. The molecule has 7 heteroatoms. The second-order valence-electron chi connectivity index (χ2n) is 6.54. The summed E-state index contributed by atoms with van der Waals surface area (Å²) < 4.78 is 2.13. The van der Waals surface area contributed by atoms with E-state index in [-0.39, 0.29) is 18.6 Å². The molecule has 27 heavy (non-hydrogen) atoms. The minimum absolute atomic E-state index is 0.0494. The quantitative estimate of drug-likeness (QED) is 0.663. The molecule has 1 aliphatic rings. The number of pyridine rings is 1. The molecule has 0 spiro atoms. The molecule has 0 radical (unpaired) electrons. The minimum atomic E-state index is -0.334. The van der Waals surface area contributed by atoms with E-state index in [1.807, 2.05) is 36.7 Å². The smallest absolute Gasteiger partial charge is 0.324 e. The van der Waals surface area contributed by atoms with Crippen LogP contribution < -0.4 is 10.6 Å². The number of carbonyl (C=O) groups excluding carboxylic acids is 1. The average molecular weight is 363 g/mol. The summed E-state index contributed by atoms with van der Waals surface area (Å²) >= 11 is 0. The van der Waals surface area contributed by atoms with Gasteiger partial charge in [-0.05, 0) is 42.7 Å². The summed E-state index contributed by atoms with van der Waals surface area (Å²) in [6.45, 7) is 0.887. The number of amides is 2. The largest absolute Gasteiger partial charge is 0.390 e. The first-order valence-electron chi connectivity index (χ1n) is 8.98. The van der Waals surface area contributed by atoms with Crippen molar-refractivity contribution in [3.63, 3.8) is 0 Å². The highest BCUT2D eigenvalue weighted by Gasteiger charge is 2.25. The fourth-order valence-electron chi connectivity index (χ4n) is 3.58. The van der Waals surface area contributed by atoms with Gasteiger partial charge < -0.3 is 15.0 Å². The Labute approximate surface area is 157 Å². The Morgan fingerprint density at radius 2 is 2.00 bits per heavy atom. The summed E-state index contributed by atoms with van der Waals surface area (Å²) in [5, 5.41) is 15.1. The number of hydrogen-bond donors (Lipinski definition) is 3. The Hall–Kier alpha value is -3.19. The van der Waals surface area contributed by atoms with Gasteiger partial charge >= 0.3 is 6.03 Å². The third-order valence-corrected chi connectivity index (χ3v) is 4.81. The van der Waals surface area contributed by atoms with E-state index in [4.69, 9.17) is 0 Å². The van der Waals surface area contributed by atoms with Gasteiger partial charge in [0.1, 0.15) is 5.82 Å². The summed E-state index contributed by atoms with van der Waals surface area (Å²) in [6, 6.07) is 12.8. The SMILES string of the molecule is O=C(Nc1ccc([C@H]2CCCn3cnc(CO)c32)cc1)Nc1ccccn1. The first kappa shape index (κ1) is 17.2. The van der Waals surface area contributed by atoms with E-state index in [1.165, 1.54) is 0 Å². The Morgan fingerprint density at radius 1 is 1.15 bits per heavy atom. The van der Waals surface area contributed by atoms with Gasteiger partial charge in [0.2, 0.25) is 0 Å². The number of rotatable bonds is 4. The van der Waals surface area contributed by atoms with Gasteiger partial charge in [0.25, 0.3) is 0 Å². The molecule has 0 fully saturated rings. The second kappa shape index (κ2) is 7.59. The van der Waals surface area contributed by atoms with Crippen LogP contribution in [0.3, 0.4) is 0 Å². The van der Waals surface area contributed by atoms with E-state index in [2.05, 4.69) is 25.2 Å². The zero-order chi connectivity index (χ0) is 18.6. The number of urea groups is 1. The van der Waals surface area contributed by atoms with Crippen LogP contribution >= 0.6 is 0 Å². The highest BCUT2D eigenvalue weighted by Crippen LogP contribution is 2.35. The zero-order valence-electron chi connectivity index (χ0n) is 14.8. The van der Waals surface area contributed by atoms with Crippen molar-refractivity contribution in [3.05, 3.63) is 71.9 Å². The van der Waals surface area contributed by atoms with E-state index < -0.39 is 0 Å². The van der Waals surface area contributed by atoms with Gasteiger partial charge in [-0.3, -0.25) is 5.32 Å². The Morgan fingerprint density at radius 3 is 2.74 bits per heavy atom. The molecular formula is C20H21N5O2. The number of aliphatic hydroxyl groups is 1. The van der Waals surface area contributed by atoms with Crippen LogP contribution in [-0.2, 0) is 13.2 Å². The van der Waals surface area contributed by atoms with Crippen LogP contribution in [0.4, 0.5) is 16.3 Å². The lowest BCUT2D eigenvalue weighted by atomic mass is 9.87. The van der Waals surface area contributed by atoms with Crippen molar-refractivity contribution in [3.8, 4) is 0 Å². The Kier molecular flexibility index (Phi) is 4.84. The van der Waals surface area contributed by atoms with E-state index in [0.29, 0.717) is 11.5 Å². The summed E-state index contributed by atoms with van der Waals surface area (Å²) in [6.07, 6.45) is 5.53. The third kappa shape index (κ3) is 3.68. The average Bonchev–Trinajstić information content (AvgIpc) is 3.13. The summed E-state index contributed by atoms with van der Waals surface area (Å²) in [4.78, 5) is 20.5. The number of anilines is 2. The Balaban J connectivity index is 1.47. The molecule has 0 aliphatic carbocycles. The number of aromatic nitrogens is 3. The predicted molar refractivity (Wildman–Crippen MR) is 103 cm³/mol. The maximum atomic E-state index is 12.1. The van der Waals surface area contributed by atoms with Crippen molar-refractivity contribution in [2.45, 2.75) is 31.9 Å². The summed E-state index contributed by atoms with van der Waals surface area (Å²) in [5.41, 5.74) is 3.70. The lowest BCUT2D eigenvalue weighted by Gasteiger charge is -2.25. The maximum Gasteiger partial charge on any atom is 0.324 e. The zero-order valence-corrected chi connectivity index (χ0v) is 14.8. The fourth-order valence-corrected chi connectivity index (χ4v) is 3.58. The number of hydrogen-bond acceptors (Lipinski definition) is 4. The van der Waals surface area contributed by atoms with Crippen molar-refractivity contribution in [1.29, 1.82) is 0 Å². The number of fused-ring (bicyclic) bond motifs is 1. The third-order valence-electron chi connectivity index (χ3n) is 4.81. The van der Waals surface area contributed by atoms with Crippen LogP contribution in [0, 0.1) is 0 Å². The standard InChI is InChI=1S/C20H21N5O2/c26-12-17-19-16(4-3-11-25(19)13-22-17)14-6-8-15(9-7-14)23-20(27)24-18-5-1-2-10-21-18/h1-2,5-10,13,16,26H,3-4,11-12H2,(H2,21,23,24,27)/t16-/m1/s1. The molecule has 3 aromatic rings. The van der Waals surface area contributed by atoms with Crippen LogP contribution in [0.2, 0.25) is 0 Å². The molecule has 4 rings (SSSR count). The number of nitrogens with zero attached hydrogens (tertiary/aromatic N) is 3. The van der Waals surface area contributed by atoms with Gasteiger partial charge in [-0.1, -0.05) is 18.2 Å². The second-order valence-corrected chi connectivity index (χ2v) is 6.54. The van der Waals surface area contributed by atoms with Gasteiger partial charge in [-0.2, -0.15) is 0 Å². The first-order valence-corrected chi connectivity index (χ1v) is 8.98. The molecular weight excluding hydrogens is 342 g/mol. The molecule has 2 amide bonds. The highest BCUT2D eigenvalue weighted by molar-refractivity contribution is 5.99. The lowest BCUT2D eigenvalue weighted by Crippen LogP contribution is -2.20. The van der Waals surface area contributed by atoms with E-state index >= 15 is 0 Å². The molecule has 2 aromatic heterocycles. The molecule has 0 unspecified atom stereocenters. The van der Waals surface area contributed by atoms with E-state index in [1.54, 1.807) is 18.3 Å². The van der Waals surface area contributed by atoms with Gasteiger partial charge in [-0.25, -0.2) is 14.8 Å². The monoisotopic (exact) mass is 363 g/mol. The number of aryl methyl sites for hydroxylation is 1. The Bertz CT molecular complexity index is 908. The lowest BCUT2D eigenvalue weighted by molar-refractivity contribution is 0.262. The number of imidazole rings is 1. The van der Waals surface area contributed by atoms with Crippen LogP contribution in [0.1, 0.15) is 35.7 Å². The van der Waals surface area contributed by atoms with Crippen LogP contribution in [0.5, 0.6) is 0 Å². The number of carbonyl (C=O) groups is 1. The van der Waals surface area contributed by atoms with Crippen molar-refractivity contribution >= 4 is 17.5 Å². The molecule has 0 saturated carbocycles. The van der Waals surface area contributed by atoms with Crippen molar-refractivity contribution in [1.82, 2.24) is 14.5 Å². The molecule has 1 aromatic carbocycles. The van der Waals surface area contributed by atoms with Gasteiger partial charge in [0.05, 0.1) is 24.3 Å². The van der Waals surface area contributed by atoms with E-state index in [9.17, 15) is 9.90 Å².